The van der Waals surface area contributed by atoms with Crippen molar-refractivity contribution in [2.75, 3.05) is 4.90 Å². The number of para-hydroxylation sites is 1. The van der Waals surface area contributed by atoms with Gasteiger partial charge in [-0.15, -0.1) is 0 Å². The largest absolute Gasteiger partial charge is 0.310 e. The number of rotatable bonds is 4. The van der Waals surface area contributed by atoms with E-state index in [1.54, 1.807) is 0 Å². The molecule has 0 heterocycles. The zero-order valence-corrected chi connectivity index (χ0v) is 29.8. The average Bonchev–Trinajstić information content (AvgIpc) is 3.38. The molecule has 0 saturated heterocycles. The minimum absolute atomic E-state index is 0.221. The third kappa shape index (κ3) is 4.22. The fraction of sp³-hybridized carbons (Fsp3) is 0.120. The van der Waals surface area contributed by atoms with E-state index in [9.17, 15) is 0 Å². The first-order valence-corrected chi connectivity index (χ1v) is 18.1. The number of benzene rings is 9. The summed E-state index contributed by atoms with van der Waals surface area (Å²) in [6.07, 6.45) is 0. The molecule has 0 amide bonds. The van der Waals surface area contributed by atoms with E-state index in [1.807, 2.05) is 0 Å². The van der Waals surface area contributed by atoms with Crippen molar-refractivity contribution in [3.05, 3.63) is 173 Å². The molecule has 1 nitrogen and oxygen atoms in total. The Hall–Kier alpha value is -5.92. The first-order valence-electron chi connectivity index (χ1n) is 18.1. The summed E-state index contributed by atoms with van der Waals surface area (Å²) in [7, 11) is 0. The maximum Gasteiger partial charge on any atom is 0.0540 e. The van der Waals surface area contributed by atoms with Gasteiger partial charge in [-0.05, 0) is 139 Å². The Kier molecular flexibility index (Phi) is 6.34. The predicted molar refractivity (Wildman–Crippen MR) is 220 cm³/mol. The summed E-state index contributed by atoms with van der Waals surface area (Å²) in [6.45, 7) is 11.6. The highest BCUT2D eigenvalue weighted by Gasteiger charge is 2.39. The summed E-state index contributed by atoms with van der Waals surface area (Å²) < 4.78 is 0. The standard InChI is InChI=1S/C50H39N/c1-30-26-31(2)45(32(3)27-30)42-28-34-16-11-21-40-46(34)47-38(42)20-13-22-41(47)49-48(40)39-25-24-36(29-43(39)50(49,4)5)51(35-17-7-6-8-18-35)44-23-12-15-33-14-9-10-19-37(33)44/h6-29H,1-5H3. The molecular formula is C50H39N. The van der Waals surface area contributed by atoms with Gasteiger partial charge in [-0.3, -0.25) is 0 Å². The van der Waals surface area contributed by atoms with Crippen LogP contribution in [0.1, 0.15) is 41.7 Å². The van der Waals surface area contributed by atoms with Crippen LogP contribution in [0.25, 0.3) is 65.3 Å². The molecule has 0 bridgehead atoms. The van der Waals surface area contributed by atoms with Gasteiger partial charge in [0.05, 0.1) is 5.69 Å². The third-order valence-corrected chi connectivity index (χ3v) is 11.6. The van der Waals surface area contributed by atoms with E-state index in [-0.39, 0.29) is 5.41 Å². The first-order chi connectivity index (χ1) is 24.8. The Balaban J connectivity index is 1.25. The van der Waals surface area contributed by atoms with Crippen molar-refractivity contribution in [1.29, 1.82) is 0 Å². The number of hydrogen-bond acceptors (Lipinski definition) is 1. The van der Waals surface area contributed by atoms with Crippen molar-refractivity contribution < 1.29 is 0 Å². The highest BCUT2D eigenvalue weighted by Crippen LogP contribution is 2.57. The lowest BCUT2D eigenvalue weighted by atomic mass is 9.77. The van der Waals surface area contributed by atoms with E-state index in [0.717, 1.165) is 5.69 Å². The van der Waals surface area contributed by atoms with Crippen LogP contribution in [0.4, 0.5) is 17.1 Å². The molecule has 0 spiro atoms. The summed E-state index contributed by atoms with van der Waals surface area (Å²) in [4.78, 5) is 2.44. The van der Waals surface area contributed by atoms with E-state index >= 15 is 0 Å². The molecule has 1 aliphatic carbocycles. The van der Waals surface area contributed by atoms with Crippen LogP contribution >= 0.6 is 0 Å². The number of aryl methyl sites for hydroxylation is 3. The highest BCUT2D eigenvalue weighted by molar-refractivity contribution is 6.31. The van der Waals surface area contributed by atoms with Gasteiger partial charge in [0, 0.05) is 22.2 Å². The number of anilines is 3. The van der Waals surface area contributed by atoms with E-state index in [2.05, 4.69) is 185 Å². The van der Waals surface area contributed by atoms with Gasteiger partial charge >= 0.3 is 0 Å². The van der Waals surface area contributed by atoms with Gasteiger partial charge in [0.1, 0.15) is 0 Å². The van der Waals surface area contributed by atoms with Crippen molar-refractivity contribution in [3.8, 4) is 22.3 Å². The smallest absolute Gasteiger partial charge is 0.0540 e. The molecular weight excluding hydrogens is 615 g/mol. The van der Waals surface area contributed by atoms with Crippen LogP contribution in [0, 0.1) is 20.8 Å². The van der Waals surface area contributed by atoms with E-state index < -0.39 is 0 Å². The van der Waals surface area contributed by atoms with Crippen molar-refractivity contribution in [2.45, 2.75) is 40.0 Å². The van der Waals surface area contributed by atoms with Crippen molar-refractivity contribution in [3.63, 3.8) is 0 Å². The zero-order valence-electron chi connectivity index (χ0n) is 29.8. The van der Waals surface area contributed by atoms with Crippen molar-refractivity contribution in [1.82, 2.24) is 0 Å². The highest BCUT2D eigenvalue weighted by atomic mass is 15.1. The molecule has 10 rings (SSSR count). The molecule has 0 fully saturated rings. The monoisotopic (exact) mass is 653 g/mol. The molecule has 9 aromatic rings. The maximum atomic E-state index is 2.47. The van der Waals surface area contributed by atoms with Gasteiger partial charge in [-0.25, -0.2) is 0 Å². The Morgan fingerprint density at radius 1 is 0.451 bits per heavy atom. The summed E-state index contributed by atoms with van der Waals surface area (Å²) in [5, 5.41) is 10.6. The molecule has 0 aromatic heterocycles. The number of fused-ring (bicyclic) bond motifs is 6. The Bertz CT molecular complexity index is 2830. The normalized spacial score (nSPS) is 13.4. The van der Waals surface area contributed by atoms with Gasteiger partial charge in [0.15, 0.2) is 0 Å². The topological polar surface area (TPSA) is 3.24 Å². The Morgan fingerprint density at radius 3 is 1.92 bits per heavy atom. The van der Waals surface area contributed by atoms with Gasteiger partial charge in [0.25, 0.3) is 0 Å². The molecule has 0 unspecified atom stereocenters. The minimum Gasteiger partial charge on any atom is -0.310 e. The third-order valence-electron chi connectivity index (χ3n) is 11.6. The molecule has 0 radical (unpaired) electrons. The van der Waals surface area contributed by atoms with E-state index in [1.165, 1.54) is 105 Å². The predicted octanol–water partition coefficient (Wildman–Crippen LogP) is 14.1. The average molecular weight is 654 g/mol. The van der Waals surface area contributed by atoms with Crippen LogP contribution in [-0.4, -0.2) is 0 Å². The molecule has 51 heavy (non-hydrogen) atoms. The van der Waals surface area contributed by atoms with Crippen molar-refractivity contribution >= 4 is 60.2 Å². The summed E-state index contributed by atoms with van der Waals surface area (Å²) >= 11 is 0. The second kappa shape index (κ2) is 10.8. The fourth-order valence-corrected chi connectivity index (χ4v) is 9.62. The summed E-state index contributed by atoms with van der Waals surface area (Å²) in [5.74, 6) is 0. The minimum atomic E-state index is -0.221. The molecule has 0 atom stereocenters. The van der Waals surface area contributed by atoms with E-state index in [4.69, 9.17) is 0 Å². The second-order valence-electron chi connectivity index (χ2n) is 15.1. The SMILES string of the molecule is Cc1cc(C)c(-c2cc3cccc4c5c(c6cccc2c6c34)C(C)(C)c2cc(N(c3ccccc3)c3cccc4ccccc34)ccc2-5)c(C)c1. The van der Waals surface area contributed by atoms with Gasteiger partial charge < -0.3 is 4.90 Å². The Labute approximate surface area is 299 Å². The van der Waals surface area contributed by atoms with Gasteiger partial charge in [-0.2, -0.15) is 0 Å². The molecule has 1 aliphatic rings. The maximum absolute atomic E-state index is 2.47. The van der Waals surface area contributed by atoms with Crippen molar-refractivity contribution in [2.24, 2.45) is 0 Å². The molecule has 244 valence electrons. The number of nitrogens with zero attached hydrogens (tertiary/aromatic N) is 1. The summed E-state index contributed by atoms with van der Waals surface area (Å²) in [6, 6.07) is 54.4. The van der Waals surface area contributed by atoms with Crippen LogP contribution in [-0.2, 0) is 5.41 Å². The van der Waals surface area contributed by atoms with Gasteiger partial charge in [0.2, 0.25) is 0 Å². The van der Waals surface area contributed by atoms with Gasteiger partial charge in [-0.1, -0.05) is 129 Å². The quantitative estimate of drug-likeness (QED) is 0.171. The van der Waals surface area contributed by atoms with E-state index in [0.29, 0.717) is 0 Å². The molecule has 1 heteroatoms. The van der Waals surface area contributed by atoms with Crippen LogP contribution in [0.15, 0.2) is 146 Å². The van der Waals surface area contributed by atoms with Crippen LogP contribution in [0.5, 0.6) is 0 Å². The molecule has 0 aliphatic heterocycles. The Morgan fingerprint density at radius 2 is 1.10 bits per heavy atom. The lowest BCUT2D eigenvalue weighted by molar-refractivity contribution is 0.666. The molecule has 9 aromatic carbocycles. The first kappa shape index (κ1) is 29.9. The van der Waals surface area contributed by atoms with Crippen LogP contribution in [0.3, 0.4) is 0 Å². The molecule has 0 N–H and O–H groups in total. The van der Waals surface area contributed by atoms with Crippen LogP contribution < -0.4 is 4.90 Å². The fourth-order valence-electron chi connectivity index (χ4n) is 9.62. The van der Waals surface area contributed by atoms with Crippen LogP contribution in [0.2, 0.25) is 0 Å². The zero-order chi connectivity index (χ0) is 34.6. The summed E-state index contributed by atoms with van der Waals surface area (Å²) in [5.41, 5.74) is 15.5. The lowest BCUT2D eigenvalue weighted by Crippen LogP contribution is -2.17. The lowest BCUT2D eigenvalue weighted by Gasteiger charge is -2.29. The number of hydrogen-bond donors (Lipinski definition) is 0. The molecule has 0 saturated carbocycles. The second-order valence-corrected chi connectivity index (χ2v) is 15.1.